The zero-order valence-electron chi connectivity index (χ0n) is 14.6. The maximum absolute atomic E-state index is 12.4. The fraction of sp³-hybridized carbons (Fsp3) is 0.889. The summed E-state index contributed by atoms with van der Waals surface area (Å²) in [5.41, 5.74) is -0.722. The molecule has 2 amide bonds. The molecule has 0 radical (unpaired) electrons. The van der Waals surface area contributed by atoms with Crippen LogP contribution in [0.2, 0.25) is 0 Å². The van der Waals surface area contributed by atoms with Gasteiger partial charge in [0.25, 0.3) is 0 Å². The maximum atomic E-state index is 12.4. The normalized spacial score (nSPS) is 22.7. The first-order valence-corrected chi connectivity index (χ1v) is 9.20. The van der Waals surface area contributed by atoms with Crippen LogP contribution in [-0.4, -0.2) is 47.1 Å². The molecular weight excluding hydrogens is 292 g/mol. The van der Waals surface area contributed by atoms with Crippen molar-refractivity contribution in [1.29, 1.82) is 0 Å². The van der Waals surface area contributed by atoms with Crippen molar-refractivity contribution in [3.63, 3.8) is 0 Å². The van der Waals surface area contributed by atoms with Gasteiger partial charge in [-0.15, -0.1) is 0 Å². The van der Waals surface area contributed by atoms with Crippen LogP contribution in [0.25, 0.3) is 0 Å². The molecule has 132 valence electrons. The first-order chi connectivity index (χ1) is 10.9. The van der Waals surface area contributed by atoms with Crippen LogP contribution in [0.1, 0.15) is 65.2 Å². The molecule has 0 aromatic heterocycles. The van der Waals surface area contributed by atoms with E-state index in [0.29, 0.717) is 19.6 Å². The van der Waals surface area contributed by atoms with Gasteiger partial charge in [-0.1, -0.05) is 39.5 Å². The quantitative estimate of drug-likeness (QED) is 0.778. The molecule has 1 heterocycles. The number of amides is 2. The van der Waals surface area contributed by atoms with Crippen molar-refractivity contribution in [2.75, 3.05) is 19.6 Å². The highest BCUT2D eigenvalue weighted by atomic mass is 16.3. The molecule has 0 bridgehead atoms. The summed E-state index contributed by atoms with van der Waals surface area (Å²) in [6, 6.07) is 0. The number of piperidine rings is 1. The zero-order chi connectivity index (χ0) is 16.9. The van der Waals surface area contributed by atoms with Gasteiger partial charge in [-0.25, -0.2) is 0 Å². The van der Waals surface area contributed by atoms with Crippen molar-refractivity contribution in [2.24, 2.45) is 11.8 Å². The van der Waals surface area contributed by atoms with E-state index in [1.54, 1.807) is 0 Å². The number of nitrogens with one attached hydrogen (secondary N) is 1. The molecule has 2 fully saturated rings. The second kappa shape index (κ2) is 8.13. The topological polar surface area (TPSA) is 69.6 Å². The summed E-state index contributed by atoms with van der Waals surface area (Å²) in [6.45, 7) is 5.53. The Balaban J connectivity index is 1.75. The zero-order valence-corrected chi connectivity index (χ0v) is 14.6. The van der Waals surface area contributed by atoms with Crippen LogP contribution in [-0.2, 0) is 9.59 Å². The van der Waals surface area contributed by atoms with E-state index in [2.05, 4.69) is 5.32 Å². The number of carbonyl (C=O) groups excluding carboxylic acids is 2. The minimum Gasteiger partial charge on any atom is -0.388 e. The molecule has 5 heteroatoms. The van der Waals surface area contributed by atoms with Gasteiger partial charge in [0.15, 0.2) is 0 Å². The Hall–Kier alpha value is -1.10. The summed E-state index contributed by atoms with van der Waals surface area (Å²) in [5, 5.41) is 13.6. The Morgan fingerprint density at radius 1 is 1.13 bits per heavy atom. The van der Waals surface area contributed by atoms with Crippen LogP contribution in [0, 0.1) is 11.8 Å². The molecule has 2 N–H and O–H groups in total. The Kier molecular flexibility index (Phi) is 6.45. The summed E-state index contributed by atoms with van der Waals surface area (Å²) in [5.74, 6) is 0.210. The first kappa shape index (κ1) is 18.2. The number of carbonyl (C=O) groups is 2. The Morgan fingerprint density at radius 3 is 2.22 bits per heavy atom. The van der Waals surface area contributed by atoms with E-state index >= 15 is 0 Å². The number of hydrogen-bond donors (Lipinski definition) is 2. The van der Waals surface area contributed by atoms with Crippen LogP contribution in [0.4, 0.5) is 0 Å². The van der Waals surface area contributed by atoms with E-state index in [-0.39, 0.29) is 23.7 Å². The van der Waals surface area contributed by atoms with E-state index in [1.807, 2.05) is 18.7 Å². The molecule has 5 nitrogen and oxygen atoms in total. The fourth-order valence-electron chi connectivity index (χ4n) is 3.69. The van der Waals surface area contributed by atoms with Crippen molar-refractivity contribution >= 4 is 11.8 Å². The van der Waals surface area contributed by atoms with Gasteiger partial charge in [0.05, 0.1) is 5.60 Å². The van der Waals surface area contributed by atoms with Crippen LogP contribution in [0.3, 0.4) is 0 Å². The molecule has 23 heavy (non-hydrogen) atoms. The van der Waals surface area contributed by atoms with E-state index in [1.165, 1.54) is 12.8 Å². The third kappa shape index (κ3) is 5.20. The van der Waals surface area contributed by atoms with Gasteiger partial charge < -0.3 is 15.3 Å². The molecular formula is C18H32N2O3. The van der Waals surface area contributed by atoms with Gasteiger partial charge in [0.1, 0.15) is 0 Å². The Morgan fingerprint density at radius 2 is 1.70 bits per heavy atom. The van der Waals surface area contributed by atoms with Gasteiger partial charge in [0, 0.05) is 31.5 Å². The SMILES string of the molecule is CC(C)C(=O)N1CCC(C(=O)NCC2(O)CCCCCC2)CC1. The molecule has 0 atom stereocenters. The average molecular weight is 324 g/mol. The highest BCUT2D eigenvalue weighted by molar-refractivity contribution is 5.80. The molecule has 0 spiro atoms. The molecule has 1 aliphatic carbocycles. The second-order valence-corrected chi connectivity index (χ2v) is 7.61. The average Bonchev–Trinajstić information content (AvgIpc) is 2.77. The van der Waals surface area contributed by atoms with Gasteiger partial charge in [0.2, 0.25) is 11.8 Å². The molecule has 0 unspecified atom stereocenters. The van der Waals surface area contributed by atoms with Gasteiger partial charge >= 0.3 is 0 Å². The summed E-state index contributed by atoms with van der Waals surface area (Å²) < 4.78 is 0. The van der Waals surface area contributed by atoms with E-state index in [0.717, 1.165) is 38.5 Å². The fourth-order valence-corrected chi connectivity index (χ4v) is 3.69. The highest BCUT2D eigenvalue weighted by Gasteiger charge is 2.31. The number of likely N-dealkylation sites (tertiary alicyclic amines) is 1. The lowest BCUT2D eigenvalue weighted by molar-refractivity contribution is -0.138. The largest absolute Gasteiger partial charge is 0.388 e. The minimum atomic E-state index is -0.722. The second-order valence-electron chi connectivity index (χ2n) is 7.61. The van der Waals surface area contributed by atoms with Crippen LogP contribution >= 0.6 is 0 Å². The molecule has 0 aromatic rings. The number of rotatable bonds is 4. The summed E-state index contributed by atoms with van der Waals surface area (Å²) in [6.07, 6.45) is 7.47. The molecule has 2 aliphatic rings. The summed E-state index contributed by atoms with van der Waals surface area (Å²) in [7, 11) is 0. The number of aliphatic hydroxyl groups is 1. The monoisotopic (exact) mass is 324 g/mol. The van der Waals surface area contributed by atoms with Crippen LogP contribution in [0.5, 0.6) is 0 Å². The minimum absolute atomic E-state index is 0.0184. The Bertz CT molecular complexity index is 406. The number of nitrogens with zero attached hydrogens (tertiary/aromatic N) is 1. The predicted molar refractivity (Wildman–Crippen MR) is 89.8 cm³/mol. The van der Waals surface area contributed by atoms with Crippen molar-refractivity contribution in [3.8, 4) is 0 Å². The van der Waals surface area contributed by atoms with E-state index in [4.69, 9.17) is 0 Å². The predicted octanol–water partition coefficient (Wildman–Crippen LogP) is 2.08. The van der Waals surface area contributed by atoms with Gasteiger partial charge in [-0.05, 0) is 25.7 Å². The van der Waals surface area contributed by atoms with Crippen molar-refractivity contribution in [2.45, 2.75) is 70.8 Å². The maximum Gasteiger partial charge on any atom is 0.225 e. The third-order valence-corrected chi connectivity index (χ3v) is 5.30. The molecule has 1 aliphatic heterocycles. The van der Waals surface area contributed by atoms with Crippen molar-refractivity contribution in [3.05, 3.63) is 0 Å². The highest BCUT2D eigenvalue weighted by Crippen LogP contribution is 2.26. The van der Waals surface area contributed by atoms with E-state index in [9.17, 15) is 14.7 Å². The first-order valence-electron chi connectivity index (χ1n) is 9.20. The summed E-state index contributed by atoms with van der Waals surface area (Å²) in [4.78, 5) is 26.2. The van der Waals surface area contributed by atoms with Gasteiger partial charge in [-0.2, -0.15) is 0 Å². The molecule has 1 saturated heterocycles. The standard InChI is InChI=1S/C18H32N2O3/c1-14(2)17(22)20-11-7-15(8-12-20)16(21)19-13-18(23)9-5-3-4-6-10-18/h14-15,23H,3-13H2,1-2H3,(H,19,21). The lowest BCUT2D eigenvalue weighted by atomic mass is 9.92. The third-order valence-electron chi connectivity index (χ3n) is 5.30. The molecule has 0 aromatic carbocycles. The van der Waals surface area contributed by atoms with Crippen LogP contribution < -0.4 is 5.32 Å². The van der Waals surface area contributed by atoms with Crippen molar-refractivity contribution in [1.82, 2.24) is 10.2 Å². The molecule has 1 saturated carbocycles. The van der Waals surface area contributed by atoms with Crippen molar-refractivity contribution < 1.29 is 14.7 Å². The number of hydrogen-bond acceptors (Lipinski definition) is 3. The molecule has 2 rings (SSSR count). The smallest absolute Gasteiger partial charge is 0.225 e. The lowest BCUT2D eigenvalue weighted by Crippen LogP contribution is -2.47. The van der Waals surface area contributed by atoms with Crippen LogP contribution in [0.15, 0.2) is 0 Å². The summed E-state index contributed by atoms with van der Waals surface area (Å²) >= 11 is 0. The Labute approximate surface area is 139 Å². The van der Waals surface area contributed by atoms with Gasteiger partial charge in [-0.3, -0.25) is 9.59 Å². The van der Waals surface area contributed by atoms with E-state index < -0.39 is 5.60 Å². The lowest BCUT2D eigenvalue weighted by Gasteiger charge is -2.33.